The Hall–Kier alpha value is -1.28. The number of nitrogens with one attached hydrogen (secondary N) is 1. The Kier molecular flexibility index (Phi) is 6.29. The van der Waals surface area contributed by atoms with E-state index in [4.69, 9.17) is 4.74 Å². The molecule has 0 saturated carbocycles. The number of amides is 2. The molecule has 8 heteroatoms. The maximum absolute atomic E-state index is 13.3. The number of nitrogens with zero attached hydrogens (tertiary/aromatic N) is 1. The average molecular weight is 413 g/mol. The molecule has 2 N–H and O–H groups in total. The number of esters is 1. The predicted molar refractivity (Wildman–Crippen MR) is 107 cm³/mol. The van der Waals surface area contributed by atoms with Gasteiger partial charge in [-0.15, -0.1) is 11.8 Å². The number of hydrogen-bond acceptors (Lipinski definition) is 6. The van der Waals surface area contributed by atoms with Crippen molar-refractivity contribution < 1.29 is 24.2 Å². The lowest BCUT2D eigenvalue weighted by Gasteiger charge is -2.34. The molecule has 0 aromatic rings. The van der Waals surface area contributed by atoms with Crippen LogP contribution < -0.4 is 5.32 Å². The van der Waals surface area contributed by atoms with Gasteiger partial charge in [0.25, 0.3) is 0 Å². The van der Waals surface area contributed by atoms with E-state index in [0.29, 0.717) is 6.54 Å². The molecule has 3 heterocycles. The van der Waals surface area contributed by atoms with Gasteiger partial charge < -0.3 is 20.1 Å². The van der Waals surface area contributed by atoms with E-state index in [-0.39, 0.29) is 37.5 Å². The average Bonchev–Trinajstić information content (AvgIpc) is 3.21. The predicted octanol–water partition coefficient (Wildman–Crippen LogP) is 1.33. The van der Waals surface area contributed by atoms with Crippen LogP contribution in [-0.2, 0) is 19.1 Å². The van der Waals surface area contributed by atoms with E-state index in [2.05, 4.69) is 12.2 Å². The van der Waals surface area contributed by atoms with E-state index in [1.807, 2.05) is 6.92 Å². The van der Waals surface area contributed by atoms with Crippen LogP contribution in [0, 0.1) is 11.8 Å². The number of carbonyl (C=O) groups is 3. The van der Waals surface area contributed by atoms with Crippen molar-refractivity contribution in [3.8, 4) is 0 Å². The molecule has 5 atom stereocenters. The molecule has 1 spiro atoms. The lowest BCUT2D eigenvalue weighted by molar-refractivity contribution is -0.155. The molecule has 3 saturated heterocycles. The molecule has 3 aliphatic rings. The second-order valence-corrected chi connectivity index (χ2v) is 10.1. The molecule has 0 aliphatic carbocycles. The van der Waals surface area contributed by atoms with Crippen LogP contribution in [0.4, 0.5) is 0 Å². The topological polar surface area (TPSA) is 95.9 Å². The van der Waals surface area contributed by atoms with Gasteiger partial charge >= 0.3 is 5.97 Å². The first kappa shape index (κ1) is 21.4. The molecular formula is C20H32N2O5S. The SMILES string of the molecule is CCCCCNC(=O)C1N(CCO)C(=O)[C@@H]2[C@H](C(=O)OCC)[C@]3(C)CCC12S3. The fraction of sp³-hybridized carbons (Fsp3) is 0.850. The fourth-order valence-corrected chi connectivity index (χ4v) is 7.69. The van der Waals surface area contributed by atoms with E-state index >= 15 is 0 Å². The number of carbonyl (C=O) groups excluding carboxylic acids is 3. The van der Waals surface area contributed by atoms with Crippen molar-refractivity contribution in [3.63, 3.8) is 0 Å². The zero-order valence-electron chi connectivity index (χ0n) is 17.0. The summed E-state index contributed by atoms with van der Waals surface area (Å²) >= 11 is 1.62. The first-order valence-electron chi connectivity index (χ1n) is 10.4. The summed E-state index contributed by atoms with van der Waals surface area (Å²) in [4.78, 5) is 40.7. The summed E-state index contributed by atoms with van der Waals surface area (Å²) in [5.74, 6) is -1.81. The number of hydrogen-bond donors (Lipinski definition) is 2. The zero-order valence-corrected chi connectivity index (χ0v) is 17.8. The lowest BCUT2D eigenvalue weighted by atomic mass is 9.66. The van der Waals surface area contributed by atoms with Crippen LogP contribution in [0.25, 0.3) is 0 Å². The zero-order chi connectivity index (χ0) is 20.5. The Balaban J connectivity index is 1.91. The minimum absolute atomic E-state index is 0.108. The van der Waals surface area contributed by atoms with Crippen molar-refractivity contribution >= 4 is 29.5 Å². The minimum Gasteiger partial charge on any atom is -0.466 e. The number of aliphatic hydroxyl groups is 1. The third-order valence-corrected chi connectivity index (χ3v) is 8.47. The van der Waals surface area contributed by atoms with Crippen LogP contribution >= 0.6 is 11.8 Å². The van der Waals surface area contributed by atoms with Crippen LogP contribution in [0.1, 0.15) is 52.9 Å². The third-order valence-electron chi connectivity index (χ3n) is 6.49. The normalized spacial score (nSPS) is 35.9. The van der Waals surface area contributed by atoms with Crippen LogP contribution in [0.5, 0.6) is 0 Å². The van der Waals surface area contributed by atoms with E-state index in [0.717, 1.165) is 32.1 Å². The lowest BCUT2D eigenvalue weighted by Crippen LogP contribution is -2.54. The number of β-amino-alcohol motifs (C(OH)–C–C–N with tert-alkyl or cyclic N) is 1. The number of fused-ring (bicyclic) bond motifs is 1. The van der Waals surface area contributed by atoms with E-state index < -0.39 is 27.4 Å². The molecule has 0 aromatic heterocycles. The Morgan fingerprint density at radius 2 is 2.07 bits per heavy atom. The minimum atomic E-state index is -0.648. The van der Waals surface area contributed by atoms with E-state index in [1.165, 1.54) is 4.90 Å². The molecule has 2 amide bonds. The number of thioether (sulfide) groups is 1. The Labute approximate surface area is 170 Å². The smallest absolute Gasteiger partial charge is 0.311 e. The van der Waals surface area contributed by atoms with Gasteiger partial charge in [-0.3, -0.25) is 14.4 Å². The van der Waals surface area contributed by atoms with Crippen molar-refractivity contribution in [2.45, 2.75) is 68.4 Å². The second-order valence-electron chi connectivity index (χ2n) is 8.23. The monoisotopic (exact) mass is 412 g/mol. The van der Waals surface area contributed by atoms with Crippen molar-refractivity contribution in [2.24, 2.45) is 11.8 Å². The third kappa shape index (κ3) is 3.22. The molecular weight excluding hydrogens is 380 g/mol. The van der Waals surface area contributed by atoms with Gasteiger partial charge in [-0.25, -0.2) is 0 Å². The van der Waals surface area contributed by atoms with Crippen molar-refractivity contribution in [2.75, 3.05) is 26.3 Å². The van der Waals surface area contributed by atoms with Gasteiger partial charge in [0.1, 0.15) is 6.04 Å². The summed E-state index contributed by atoms with van der Waals surface area (Å²) in [6.45, 7) is 6.63. The number of aliphatic hydroxyl groups excluding tert-OH is 1. The number of unbranched alkanes of at least 4 members (excludes halogenated alkanes) is 2. The first-order chi connectivity index (χ1) is 13.4. The highest BCUT2D eigenvalue weighted by Gasteiger charge is 2.77. The summed E-state index contributed by atoms with van der Waals surface area (Å²) in [5, 5.41) is 12.5. The number of rotatable bonds is 9. The van der Waals surface area contributed by atoms with Crippen molar-refractivity contribution in [1.82, 2.24) is 10.2 Å². The molecule has 7 nitrogen and oxygen atoms in total. The molecule has 0 aromatic carbocycles. The number of likely N-dealkylation sites (tertiary alicyclic amines) is 1. The summed E-state index contributed by atoms with van der Waals surface area (Å²) < 4.78 is 4.30. The molecule has 2 bridgehead atoms. The van der Waals surface area contributed by atoms with Crippen molar-refractivity contribution in [3.05, 3.63) is 0 Å². The van der Waals surface area contributed by atoms with Gasteiger partial charge in [-0.1, -0.05) is 19.8 Å². The first-order valence-corrected chi connectivity index (χ1v) is 11.2. The highest BCUT2D eigenvalue weighted by Crippen LogP contribution is 2.71. The van der Waals surface area contributed by atoms with Gasteiger partial charge in [0, 0.05) is 17.8 Å². The Bertz CT molecular complexity index is 644. The van der Waals surface area contributed by atoms with Crippen molar-refractivity contribution in [1.29, 1.82) is 0 Å². The second kappa shape index (κ2) is 8.22. The maximum atomic E-state index is 13.3. The molecule has 3 rings (SSSR count). The molecule has 2 unspecified atom stereocenters. The molecule has 3 fully saturated rings. The summed E-state index contributed by atoms with van der Waals surface area (Å²) in [7, 11) is 0. The van der Waals surface area contributed by atoms with Gasteiger partial charge in [0.2, 0.25) is 11.8 Å². The largest absolute Gasteiger partial charge is 0.466 e. The summed E-state index contributed by atoms with van der Waals surface area (Å²) in [5.41, 5.74) is 0. The van der Waals surface area contributed by atoms with E-state index in [1.54, 1.807) is 18.7 Å². The van der Waals surface area contributed by atoms with Crippen LogP contribution in [0.3, 0.4) is 0 Å². The number of ether oxygens (including phenoxy) is 1. The van der Waals surface area contributed by atoms with Gasteiger partial charge in [-0.05, 0) is 33.1 Å². The Morgan fingerprint density at radius 1 is 1.32 bits per heavy atom. The molecule has 28 heavy (non-hydrogen) atoms. The van der Waals surface area contributed by atoms with Gasteiger partial charge in [0.05, 0.1) is 29.8 Å². The van der Waals surface area contributed by atoms with E-state index in [9.17, 15) is 19.5 Å². The highest BCUT2D eigenvalue weighted by molar-refractivity contribution is 8.02. The molecule has 158 valence electrons. The van der Waals surface area contributed by atoms with Crippen LogP contribution in [0.2, 0.25) is 0 Å². The molecule has 3 aliphatic heterocycles. The molecule has 0 radical (unpaired) electrons. The highest BCUT2D eigenvalue weighted by atomic mass is 32.2. The summed E-state index contributed by atoms with van der Waals surface area (Å²) in [6, 6.07) is -0.648. The Morgan fingerprint density at radius 3 is 2.71 bits per heavy atom. The summed E-state index contributed by atoms with van der Waals surface area (Å²) in [6.07, 6.45) is 4.49. The van der Waals surface area contributed by atoms with Gasteiger partial charge in [-0.2, -0.15) is 0 Å². The fourth-order valence-electron chi connectivity index (χ4n) is 5.35. The van der Waals surface area contributed by atoms with Crippen LogP contribution in [-0.4, -0.2) is 69.6 Å². The maximum Gasteiger partial charge on any atom is 0.311 e. The quantitative estimate of drug-likeness (QED) is 0.438. The van der Waals surface area contributed by atoms with Gasteiger partial charge in [0.15, 0.2) is 0 Å². The van der Waals surface area contributed by atoms with Crippen LogP contribution in [0.15, 0.2) is 0 Å². The standard InChI is InChI=1S/C20H32N2O5S/c1-4-6-7-10-21-16(24)15-20-9-8-19(3,28-20)14(18(26)27-5-2)13(20)17(25)22(15)11-12-23/h13-15,23H,4-12H2,1-3H3,(H,21,24)/t13-,14+,15?,19-,20?/m0/s1.